The molecule has 0 saturated carbocycles. The molecule has 0 unspecified atom stereocenters. The minimum absolute atomic E-state index is 0.125. The van der Waals surface area contributed by atoms with E-state index in [1.807, 2.05) is 0 Å². The number of hydrogen-bond donors (Lipinski definition) is 4. The molecule has 0 spiro atoms. The van der Waals surface area contributed by atoms with Crippen molar-refractivity contribution < 1.29 is 19.2 Å². The number of carbonyl (C=O) groups excluding carboxylic acids is 4. The predicted molar refractivity (Wildman–Crippen MR) is 79.2 cm³/mol. The Hall–Kier alpha value is -3.42. The molecule has 8 N–H and O–H groups in total. The molecule has 0 aromatic heterocycles. The summed E-state index contributed by atoms with van der Waals surface area (Å²) in [6.07, 6.45) is 1.65. The predicted octanol–water partition coefficient (Wildman–Crippen LogP) is -1.61. The first-order chi connectivity index (χ1) is 10.2. The summed E-state index contributed by atoms with van der Waals surface area (Å²) in [4.78, 5) is 45.1. The molecule has 0 saturated heterocycles. The van der Waals surface area contributed by atoms with E-state index in [-0.39, 0.29) is 22.3 Å². The fraction of sp³-hybridized carbons (Fsp3) is 0. The van der Waals surface area contributed by atoms with E-state index in [0.29, 0.717) is 0 Å². The van der Waals surface area contributed by atoms with Gasteiger partial charge in [0.2, 0.25) is 23.6 Å². The van der Waals surface area contributed by atoms with E-state index in [1.54, 1.807) is 12.1 Å². The van der Waals surface area contributed by atoms with Crippen molar-refractivity contribution in [3.8, 4) is 0 Å². The number of nitrogens with two attached hydrogens (primary N) is 4. The number of primary amides is 4. The average Bonchev–Trinajstić information content (AvgIpc) is 2.41. The molecular formula is C14H14N4O4. The SMILES string of the molecule is NC(=O)/C=C(\C(N)=O)c1ccccc1/C(=C/C(N)=O)C(N)=O. The second-order valence-electron chi connectivity index (χ2n) is 4.19. The molecule has 0 radical (unpaired) electrons. The van der Waals surface area contributed by atoms with Crippen LogP contribution >= 0.6 is 0 Å². The molecule has 4 amide bonds. The van der Waals surface area contributed by atoms with Gasteiger partial charge < -0.3 is 22.9 Å². The summed E-state index contributed by atoms with van der Waals surface area (Å²) in [6.45, 7) is 0. The molecule has 0 atom stereocenters. The Kier molecular flexibility index (Phi) is 5.17. The Balaban J connectivity index is 3.66. The zero-order chi connectivity index (χ0) is 16.9. The summed E-state index contributed by atoms with van der Waals surface area (Å²) in [5, 5.41) is 0. The highest BCUT2D eigenvalue weighted by Gasteiger charge is 2.19. The Bertz CT molecular complexity index is 658. The molecule has 1 aromatic rings. The largest absolute Gasteiger partial charge is 0.366 e. The van der Waals surface area contributed by atoms with Crippen LogP contribution in [0.4, 0.5) is 0 Å². The van der Waals surface area contributed by atoms with Crippen LogP contribution in [-0.2, 0) is 19.2 Å². The lowest BCUT2D eigenvalue weighted by Gasteiger charge is -2.11. The Morgan fingerprint density at radius 1 is 0.682 bits per heavy atom. The van der Waals surface area contributed by atoms with Crippen molar-refractivity contribution >= 4 is 34.8 Å². The lowest BCUT2D eigenvalue weighted by atomic mass is 9.93. The van der Waals surface area contributed by atoms with Crippen LogP contribution < -0.4 is 22.9 Å². The molecule has 8 nitrogen and oxygen atoms in total. The van der Waals surface area contributed by atoms with Gasteiger partial charge in [-0.15, -0.1) is 0 Å². The zero-order valence-corrected chi connectivity index (χ0v) is 11.4. The second-order valence-corrected chi connectivity index (χ2v) is 4.19. The summed E-state index contributed by atoms with van der Waals surface area (Å²) in [7, 11) is 0. The van der Waals surface area contributed by atoms with Gasteiger partial charge in [-0.05, 0) is 11.1 Å². The minimum atomic E-state index is -0.936. The van der Waals surface area contributed by atoms with Crippen molar-refractivity contribution in [2.75, 3.05) is 0 Å². The van der Waals surface area contributed by atoms with E-state index >= 15 is 0 Å². The maximum absolute atomic E-state index is 11.5. The molecule has 0 aliphatic rings. The number of benzene rings is 1. The monoisotopic (exact) mass is 302 g/mol. The number of rotatable bonds is 6. The Morgan fingerprint density at radius 3 is 1.23 bits per heavy atom. The lowest BCUT2D eigenvalue weighted by Crippen LogP contribution is -2.20. The van der Waals surface area contributed by atoms with E-state index < -0.39 is 23.6 Å². The first-order valence-corrected chi connectivity index (χ1v) is 5.95. The fourth-order valence-electron chi connectivity index (χ4n) is 1.80. The highest BCUT2D eigenvalue weighted by molar-refractivity contribution is 6.28. The molecule has 8 heteroatoms. The molecule has 0 aliphatic heterocycles. The normalized spacial score (nSPS) is 11.8. The molecule has 0 aliphatic carbocycles. The number of amides is 4. The van der Waals surface area contributed by atoms with Crippen LogP contribution in [0.1, 0.15) is 11.1 Å². The van der Waals surface area contributed by atoms with Gasteiger partial charge in [0.1, 0.15) is 0 Å². The number of hydrogen-bond acceptors (Lipinski definition) is 4. The summed E-state index contributed by atoms with van der Waals surface area (Å²) in [6, 6.07) is 5.93. The van der Waals surface area contributed by atoms with Crippen molar-refractivity contribution in [1.29, 1.82) is 0 Å². The quantitative estimate of drug-likeness (QED) is 0.463. The van der Waals surface area contributed by atoms with Crippen LogP contribution in [0.3, 0.4) is 0 Å². The lowest BCUT2D eigenvalue weighted by molar-refractivity contribution is -0.115. The fourth-order valence-corrected chi connectivity index (χ4v) is 1.80. The molecule has 0 bridgehead atoms. The standard InChI is InChI=1S/C14H14N4O4/c15-11(19)5-9(13(17)21)7-3-1-2-4-8(7)10(14(18)22)6-12(16)20/h1-6H,(H2,15,19)(H2,16,20)(H2,17,21)(H2,18,22)/b9-5-,10-6-. The maximum Gasteiger partial charge on any atom is 0.249 e. The van der Waals surface area contributed by atoms with Gasteiger partial charge in [0.25, 0.3) is 0 Å². The third-order valence-corrected chi connectivity index (χ3v) is 2.61. The van der Waals surface area contributed by atoms with Crippen molar-refractivity contribution in [2.24, 2.45) is 22.9 Å². The molecule has 1 rings (SSSR count). The molecule has 0 fully saturated rings. The van der Waals surface area contributed by atoms with Gasteiger partial charge in [0.15, 0.2) is 0 Å². The van der Waals surface area contributed by atoms with Gasteiger partial charge in [-0.1, -0.05) is 24.3 Å². The molecule has 22 heavy (non-hydrogen) atoms. The first kappa shape index (κ1) is 16.6. The molecule has 114 valence electrons. The Morgan fingerprint density at radius 2 is 1.00 bits per heavy atom. The number of carbonyl (C=O) groups is 4. The molecule has 0 heterocycles. The summed E-state index contributed by atoms with van der Waals surface area (Å²) in [5.74, 6) is -3.67. The van der Waals surface area contributed by atoms with E-state index in [1.165, 1.54) is 12.1 Å². The first-order valence-electron chi connectivity index (χ1n) is 5.95. The Labute approximate surface area is 125 Å². The topological polar surface area (TPSA) is 172 Å². The van der Waals surface area contributed by atoms with E-state index in [9.17, 15) is 19.2 Å². The van der Waals surface area contributed by atoms with Crippen LogP contribution in [0.15, 0.2) is 36.4 Å². The highest BCUT2D eigenvalue weighted by Crippen LogP contribution is 2.25. The van der Waals surface area contributed by atoms with E-state index in [2.05, 4.69) is 0 Å². The van der Waals surface area contributed by atoms with Crippen LogP contribution in [0.25, 0.3) is 11.1 Å². The minimum Gasteiger partial charge on any atom is -0.366 e. The van der Waals surface area contributed by atoms with Crippen LogP contribution in [0, 0.1) is 0 Å². The van der Waals surface area contributed by atoms with Crippen LogP contribution in [-0.4, -0.2) is 23.6 Å². The molecule has 1 aromatic carbocycles. The van der Waals surface area contributed by atoms with Crippen molar-refractivity contribution in [1.82, 2.24) is 0 Å². The van der Waals surface area contributed by atoms with Gasteiger partial charge in [-0.2, -0.15) is 0 Å². The summed E-state index contributed by atoms with van der Waals surface area (Å²) >= 11 is 0. The van der Waals surface area contributed by atoms with Crippen molar-refractivity contribution in [3.05, 3.63) is 47.5 Å². The van der Waals surface area contributed by atoms with Gasteiger partial charge in [0.05, 0.1) is 11.1 Å². The molecular weight excluding hydrogens is 288 g/mol. The third-order valence-electron chi connectivity index (χ3n) is 2.61. The summed E-state index contributed by atoms with van der Waals surface area (Å²) in [5.41, 5.74) is 20.3. The van der Waals surface area contributed by atoms with E-state index in [0.717, 1.165) is 12.2 Å². The van der Waals surface area contributed by atoms with Gasteiger partial charge in [-0.3, -0.25) is 19.2 Å². The van der Waals surface area contributed by atoms with Crippen molar-refractivity contribution in [3.63, 3.8) is 0 Å². The highest BCUT2D eigenvalue weighted by atomic mass is 16.2. The van der Waals surface area contributed by atoms with Gasteiger partial charge >= 0.3 is 0 Å². The second kappa shape index (κ2) is 6.84. The van der Waals surface area contributed by atoms with Crippen LogP contribution in [0.5, 0.6) is 0 Å². The van der Waals surface area contributed by atoms with Crippen LogP contribution in [0.2, 0.25) is 0 Å². The smallest absolute Gasteiger partial charge is 0.249 e. The van der Waals surface area contributed by atoms with Crippen molar-refractivity contribution in [2.45, 2.75) is 0 Å². The summed E-state index contributed by atoms with van der Waals surface area (Å²) < 4.78 is 0. The van der Waals surface area contributed by atoms with Gasteiger partial charge in [0, 0.05) is 12.2 Å². The average molecular weight is 302 g/mol. The van der Waals surface area contributed by atoms with E-state index in [4.69, 9.17) is 22.9 Å². The maximum atomic E-state index is 11.5. The van der Waals surface area contributed by atoms with Gasteiger partial charge in [-0.25, -0.2) is 0 Å². The third kappa shape index (κ3) is 4.04. The zero-order valence-electron chi connectivity index (χ0n) is 11.4.